The lowest BCUT2D eigenvalue weighted by Gasteiger charge is -2.31. The van der Waals surface area contributed by atoms with Crippen molar-refractivity contribution in [2.24, 2.45) is 5.92 Å². The van der Waals surface area contributed by atoms with Gasteiger partial charge in [0, 0.05) is 19.0 Å². The van der Waals surface area contributed by atoms with Gasteiger partial charge in [-0.05, 0) is 49.6 Å². The molecule has 2 aromatic rings. The maximum atomic E-state index is 12.7. The molecule has 5 heteroatoms. The summed E-state index contributed by atoms with van der Waals surface area (Å²) >= 11 is 0. The number of hydrogen-bond acceptors (Lipinski definition) is 3. The minimum atomic E-state index is -3.41. The van der Waals surface area contributed by atoms with E-state index in [1.165, 1.54) is 0 Å². The lowest BCUT2D eigenvalue weighted by molar-refractivity contribution is 0.180. The van der Waals surface area contributed by atoms with Crippen molar-refractivity contribution in [2.45, 2.75) is 24.7 Å². The van der Waals surface area contributed by atoms with Crippen LogP contribution in [0.1, 0.15) is 18.4 Å². The molecule has 1 unspecified atom stereocenters. The Morgan fingerprint density at radius 3 is 2.67 bits per heavy atom. The molecular formula is C19H23NO3S. The van der Waals surface area contributed by atoms with Crippen LogP contribution in [0.25, 0.3) is 0 Å². The van der Waals surface area contributed by atoms with E-state index in [-0.39, 0.29) is 5.92 Å². The predicted molar refractivity (Wildman–Crippen MR) is 94.6 cm³/mol. The van der Waals surface area contributed by atoms with Gasteiger partial charge in [0.2, 0.25) is 10.0 Å². The number of hydrogen-bond donors (Lipinski definition) is 0. The van der Waals surface area contributed by atoms with E-state index in [0.717, 1.165) is 24.2 Å². The Balaban J connectivity index is 1.64. The lowest BCUT2D eigenvalue weighted by Crippen LogP contribution is -2.41. The van der Waals surface area contributed by atoms with Crippen LogP contribution in [0.15, 0.2) is 59.5 Å². The summed E-state index contributed by atoms with van der Waals surface area (Å²) in [5.74, 6) is 1.07. The van der Waals surface area contributed by atoms with Crippen molar-refractivity contribution in [2.75, 3.05) is 19.7 Å². The molecule has 128 valence electrons. The van der Waals surface area contributed by atoms with Crippen LogP contribution in [0, 0.1) is 12.8 Å². The molecule has 0 bridgehead atoms. The number of benzene rings is 2. The second-order valence-corrected chi connectivity index (χ2v) is 8.25. The summed E-state index contributed by atoms with van der Waals surface area (Å²) in [6.07, 6.45) is 1.86. The maximum Gasteiger partial charge on any atom is 0.243 e. The molecule has 1 heterocycles. The van der Waals surface area contributed by atoms with Crippen LogP contribution in [-0.4, -0.2) is 32.4 Å². The van der Waals surface area contributed by atoms with E-state index >= 15 is 0 Å². The van der Waals surface area contributed by atoms with Crippen LogP contribution < -0.4 is 4.74 Å². The van der Waals surface area contributed by atoms with Crippen molar-refractivity contribution >= 4 is 10.0 Å². The van der Waals surface area contributed by atoms with Gasteiger partial charge < -0.3 is 4.74 Å². The zero-order chi connectivity index (χ0) is 17.0. The maximum absolute atomic E-state index is 12.7. The molecule has 1 saturated heterocycles. The minimum Gasteiger partial charge on any atom is -0.493 e. The standard InChI is InChI=1S/C19H23NO3S/c1-16-7-5-9-18(13-16)23-15-17-8-6-12-20(14-17)24(21,22)19-10-3-2-4-11-19/h2-5,7,9-11,13,17H,6,8,12,14-15H2,1H3. The second-order valence-electron chi connectivity index (χ2n) is 6.31. The van der Waals surface area contributed by atoms with Crippen molar-refractivity contribution in [3.63, 3.8) is 0 Å². The number of rotatable bonds is 5. The third-order valence-electron chi connectivity index (χ3n) is 4.34. The highest BCUT2D eigenvalue weighted by molar-refractivity contribution is 7.89. The molecular weight excluding hydrogens is 322 g/mol. The second kappa shape index (κ2) is 7.36. The first-order chi connectivity index (χ1) is 11.6. The van der Waals surface area contributed by atoms with Crippen LogP contribution in [0.5, 0.6) is 5.75 Å². The summed E-state index contributed by atoms with van der Waals surface area (Å²) in [6, 6.07) is 16.6. The summed E-state index contributed by atoms with van der Waals surface area (Å²) in [6.45, 7) is 3.67. The third-order valence-corrected chi connectivity index (χ3v) is 6.22. The predicted octanol–water partition coefficient (Wildman–Crippen LogP) is 3.47. The zero-order valence-corrected chi connectivity index (χ0v) is 14.7. The van der Waals surface area contributed by atoms with Gasteiger partial charge in [0.15, 0.2) is 0 Å². The molecule has 0 aliphatic carbocycles. The number of sulfonamides is 1. The Kier molecular flexibility index (Phi) is 5.21. The van der Waals surface area contributed by atoms with E-state index in [4.69, 9.17) is 4.74 Å². The van der Waals surface area contributed by atoms with Gasteiger partial charge in [-0.1, -0.05) is 30.3 Å². The van der Waals surface area contributed by atoms with Gasteiger partial charge >= 0.3 is 0 Å². The fourth-order valence-electron chi connectivity index (χ4n) is 3.04. The van der Waals surface area contributed by atoms with Crippen molar-refractivity contribution in [1.82, 2.24) is 4.31 Å². The number of nitrogens with zero attached hydrogens (tertiary/aromatic N) is 1. The van der Waals surface area contributed by atoms with Gasteiger partial charge in [0.05, 0.1) is 11.5 Å². The molecule has 4 nitrogen and oxygen atoms in total. The van der Waals surface area contributed by atoms with Gasteiger partial charge in [0.1, 0.15) is 5.75 Å². The Morgan fingerprint density at radius 1 is 1.12 bits per heavy atom. The molecule has 24 heavy (non-hydrogen) atoms. The van der Waals surface area contributed by atoms with E-state index < -0.39 is 10.0 Å². The Hall–Kier alpha value is -1.85. The third kappa shape index (κ3) is 3.97. The normalized spacial score (nSPS) is 19.1. The summed E-state index contributed by atoms with van der Waals surface area (Å²) < 4.78 is 32.9. The monoisotopic (exact) mass is 345 g/mol. The van der Waals surface area contributed by atoms with Gasteiger partial charge in [0.25, 0.3) is 0 Å². The summed E-state index contributed by atoms with van der Waals surface area (Å²) in [5, 5.41) is 0. The molecule has 0 spiro atoms. The van der Waals surface area contributed by atoms with Crippen LogP contribution in [0.4, 0.5) is 0 Å². The molecule has 1 aliphatic rings. The molecule has 1 atom stereocenters. The SMILES string of the molecule is Cc1cccc(OCC2CCCN(S(=O)(=O)c3ccccc3)C2)c1. The average molecular weight is 345 g/mol. The highest BCUT2D eigenvalue weighted by Gasteiger charge is 2.30. The topological polar surface area (TPSA) is 46.6 Å². The van der Waals surface area contributed by atoms with E-state index in [1.807, 2.05) is 37.3 Å². The fourth-order valence-corrected chi connectivity index (χ4v) is 4.62. The fraction of sp³-hybridized carbons (Fsp3) is 0.368. The molecule has 0 saturated carbocycles. The van der Waals surface area contributed by atoms with E-state index in [0.29, 0.717) is 24.6 Å². The summed E-state index contributed by atoms with van der Waals surface area (Å²) in [7, 11) is -3.41. The van der Waals surface area contributed by atoms with Crippen molar-refractivity contribution in [3.8, 4) is 5.75 Å². The van der Waals surface area contributed by atoms with E-state index in [1.54, 1.807) is 28.6 Å². The highest BCUT2D eigenvalue weighted by atomic mass is 32.2. The Morgan fingerprint density at radius 2 is 1.92 bits per heavy atom. The first kappa shape index (κ1) is 17.0. The molecule has 0 amide bonds. The van der Waals surface area contributed by atoms with Crippen molar-refractivity contribution in [3.05, 3.63) is 60.2 Å². The summed E-state index contributed by atoms with van der Waals surface area (Å²) in [4.78, 5) is 0.366. The van der Waals surface area contributed by atoms with Crippen LogP contribution in [0.2, 0.25) is 0 Å². The average Bonchev–Trinajstić information content (AvgIpc) is 2.61. The highest BCUT2D eigenvalue weighted by Crippen LogP contribution is 2.24. The van der Waals surface area contributed by atoms with Crippen molar-refractivity contribution < 1.29 is 13.2 Å². The number of piperidine rings is 1. The van der Waals surface area contributed by atoms with Gasteiger partial charge in [-0.15, -0.1) is 0 Å². The molecule has 0 aromatic heterocycles. The molecule has 1 aliphatic heterocycles. The molecule has 1 fully saturated rings. The van der Waals surface area contributed by atoms with E-state index in [2.05, 4.69) is 0 Å². The quantitative estimate of drug-likeness (QED) is 0.833. The first-order valence-corrected chi connectivity index (χ1v) is 9.74. The van der Waals surface area contributed by atoms with Gasteiger partial charge in [-0.25, -0.2) is 8.42 Å². The largest absolute Gasteiger partial charge is 0.493 e. The van der Waals surface area contributed by atoms with Crippen LogP contribution in [0.3, 0.4) is 0 Å². The molecule has 0 radical (unpaired) electrons. The summed E-state index contributed by atoms with van der Waals surface area (Å²) in [5.41, 5.74) is 1.16. The van der Waals surface area contributed by atoms with Gasteiger partial charge in [-0.2, -0.15) is 4.31 Å². The molecule has 2 aromatic carbocycles. The zero-order valence-electron chi connectivity index (χ0n) is 13.9. The lowest BCUT2D eigenvalue weighted by atomic mass is 10.0. The first-order valence-electron chi connectivity index (χ1n) is 8.30. The molecule has 3 rings (SSSR count). The van der Waals surface area contributed by atoms with Crippen LogP contribution in [-0.2, 0) is 10.0 Å². The van der Waals surface area contributed by atoms with Crippen molar-refractivity contribution in [1.29, 1.82) is 0 Å². The van der Waals surface area contributed by atoms with Gasteiger partial charge in [-0.3, -0.25) is 0 Å². The number of aryl methyl sites for hydroxylation is 1. The van der Waals surface area contributed by atoms with E-state index in [9.17, 15) is 8.42 Å². The Labute approximate surface area is 144 Å². The minimum absolute atomic E-state index is 0.220. The number of ether oxygens (including phenoxy) is 1. The Bertz CT molecular complexity index is 774. The molecule has 0 N–H and O–H groups in total. The smallest absolute Gasteiger partial charge is 0.243 e. The van der Waals surface area contributed by atoms with Crippen LogP contribution >= 0.6 is 0 Å².